The minimum absolute atomic E-state index is 0.0121. The second-order valence-corrected chi connectivity index (χ2v) is 8.74. The summed E-state index contributed by atoms with van der Waals surface area (Å²) in [6.07, 6.45) is 4.99. The van der Waals surface area contributed by atoms with E-state index in [-0.39, 0.29) is 24.2 Å². The van der Waals surface area contributed by atoms with E-state index in [9.17, 15) is 15.3 Å². The number of carbonyl (C=O) groups is 1. The van der Waals surface area contributed by atoms with E-state index in [1.165, 1.54) is 5.56 Å². The zero-order valence-corrected chi connectivity index (χ0v) is 17.2. The highest BCUT2D eigenvalue weighted by Gasteiger charge is 2.50. The molecule has 1 N–H and O–H groups in total. The summed E-state index contributed by atoms with van der Waals surface area (Å²) in [5.41, 5.74) is 0.240. The molecule has 1 aromatic carbocycles. The lowest BCUT2D eigenvalue weighted by Crippen LogP contribution is -2.44. The third kappa shape index (κ3) is 4.50. The summed E-state index contributed by atoms with van der Waals surface area (Å²) >= 11 is 1.69. The van der Waals surface area contributed by atoms with E-state index in [1.807, 2.05) is 0 Å². The van der Waals surface area contributed by atoms with Gasteiger partial charge < -0.3 is 14.6 Å². The molecule has 1 saturated heterocycles. The Bertz CT molecular complexity index is 787. The van der Waals surface area contributed by atoms with Gasteiger partial charge in [-0.15, -0.1) is 0 Å². The molecule has 0 radical (unpaired) electrons. The van der Waals surface area contributed by atoms with E-state index >= 15 is 0 Å². The molecule has 1 aliphatic carbocycles. The molecule has 2 aliphatic rings. The molecule has 6 nitrogen and oxygen atoms in total. The van der Waals surface area contributed by atoms with Crippen molar-refractivity contribution in [1.82, 2.24) is 0 Å². The summed E-state index contributed by atoms with van der Waals surface area (Å²) in [6.45, 7) is 3.86. The Morgan fingerprint density at radius 1 is 1.36 bits per heavy atom. The van der Waals surface area contributed by atoms with Crippen LogP contribution in [0.1, 0.15) is 51.0 Å². The second kappa shape index (κ2) is 8.97. The van der Waals surface area contributed by atoms with Crippen LogP contribution in [0.2, 0.25) is 0 Å². The van der Waals surface area contributed by atoms with Gasteiger partial charge >= 0.3 is 11.7 Å². The van der Waals surface area contributed by atoms with Crippen LogP contribution in [0.4, 0.5) is 0 Å². The van der Waals surface area contributed by atoms with Crippen molar-refractivity contribution in [2.45, 2.75) is 68.3 Å². The number of esters is 1. The van der Waals surface area contributed by atoms with Gasteiger partial charge in [-0.2, -0.15) is 0 Å². The zero-order valence-electron chi connectivity index (χ0n) is 16.4. The van der Waals surface area contributed by atoms with Crippen LogP contribution in [-0.2, 0) is 14.3 Å². The first-order valence-corrected chi connectivity index (χ1v) is 10.7. The molecule has 1 aromatic rings. The number of aryl methyl sites for hydroxylation is 1. The zero-order chi connectivity index (χ0) is 20.1. The van der Waals surface area contributed by atoms with Gasteiger partial charge in [0.15, 0.2) is 10.7 Å². The fourth-order valence-electron chi connectivity index (χ4n) is 4.24. The van der Waals surface area contributed by atoms with Crippen LogP contribution < -0.4 is 0 Å². The summed E-state index contributed by atoms with van der Waals surface area (Å²) in [5, 5.41) is 19.7. The monoisotopic (exact) mass is 403 g/mol. The van der Waals surface area contributed by atoms with E-state index < -0.39 is 17.3 Å². The van der Waals surface area contributed by atoms with Gasteiger partial charge in [-0.25, -0.2) is 4.79 Å². The van der Waals surface area contributed by atoms with Crippen molar-refractivity contribution in [2.75, 3.05) is 6.61 Å². The second-order valence-electron chi connectivity index (χ2n) is 7.50. The SMILES string of the molecule is CCOC(=O)/C([N+]#N)=C(\O)C[C@@]12CCC[C@@H]1CC[C@H](Sc1ccc(C)cc1)O2. The van der Waals surface area contributed by atoms with Gasteiger partial charge in [0.1, 0.15) is 5.44 Å². The number of hydrogen-bond acceptors (Lipinski definition) is 6. The van der Waals surface area contributed by atoms with Gasteiger partial charge in [0.2, 0.25) is 5.39 Å². The highest BCUT2D eigenvalue weighted by Crippen LogP contribution is 2.51. The molecule has 3 rings (SSSR count). The van der Waals surface area contributed by atoms with Crippen LogP contribution in [0.25, 0.3) is 4.98 Å². The Hall–Kier alpha value is -2.04. The van der Waals surface area contributed by atoms with Crippen LogP contribution in [0.15, 0.2) is 40.6 Å². The lowest BCUT2D eigenvalue weighted by molar-refractivity contribution is -0.138. The Morgan fingerprint density at radius 2 is 2.11 bits per heavy atom. The first-order valence-electron chi connectivity index (χ1n) is 9.83. The first-order chi connectivity index (χ1) is 13.5. The van der Waals surface area contributed by atoms with E-state index in [2.05, 4.69) is 36.2 Å². The quantitative estimate of drug-likeness (QED) is 0.299. The predicted molar refractivity (Wildman–Crippen MR) is 107 cm³/mol. The molecule has 0 bridgehead atoms. The number of hydrogen-bond donors (Lipinski definition) is 1. The fraction of sp³-hybridized carbons (Fsp3) is 0.571. The third-order valence-corrected chi connectivity index (χ3v) is 6.75. The molecular formula is C21H27N2O4S+. The highest BCUT2D eigenvalue weighted by atomic mass is 32.2. The summed E-state index contributed by atoms with van der Waals surface area (Å²) in [5.74, 6) is -0.768. The molecular weight excluding hydrogens is 376 g/mol. The Kier molecular flexibility index (Phi) is 6.63. The standard InChI is InChI=1S/C21H26N2O4S/c1-3-26-20(25)19(23-22)17(24)13-21-12-4-5-15(21)8-11-18(27-21)28-16-9-6-14(2)7-10-16/h6-7,9-10,15,18H,3-5,8,11-13H2,1-2H3/p+1/t15-,18+,21+/m1/s1. The number of aliphatic hydroxyl groups is 1. The van der Waals surface area contributed by atoms with Crippen molar-refractivity contribution >= 4 is 17.7 Å². The number of rotatable bonds is 6. The van der Waals surface area contributed by atoms with Gasteiger partial charge in [0, 0.05) is 11.3 Å². The number of aliphatic hydroxyl groups excluding tert-OH is 1. The molecule has 1 aliphatic heterocycles. The lowest BCUT2D eigenvalue weighted by Gasteiger charge is -2.43. The van der Waals surface area contributed by atoms with Gasteiger partial charge in [-0.3, -0.25) is 0 Å². The minimum atomic E-state index is -0.824. The van der Waals surface area contributed by atoms with E-state index in [1.54, 1.807) is 18.7 Å². The Labute approximate surface area is 169 Å². The highest BCUT2D eigenvalue weighted by molar-refractivity contribution is 7.99. The van der Waals surface area contributed by atoms with Crippen LogP contribution >= 0.6 is 11.8 Å². The Balaban J connectivity index is 1.77. The first kappa shape index (κ1) is 20.7. The smallest absolute Gasteiger partial charge is 0.505 e. The van der Waals surface area contributed by atoms with Crippen molar-refractivity contribution in [2.24, 2.45) is 5.92 Å². The molecule has 0 unspecified atom stereocenters. The van der Waals surface area contributed by atoms with Crippen LogP contribution in [-0.4, -0.2) is 28.7 Å². The van der Waals surface area contributed by atoms with Crippen molar-refractivity contribution < 1.29 is 19.4 Å². The van der Waals surface area contributed by atoms with E-state index in [4.69, 9.17) is 9.47 Å². The number of fused-ring (bicyclic) bond motifs is 1. The minimum Gasteiger partial charge on any atom is -0.505 e. The fourth-order valence-corrected chi connectivity index (χ4v) is 5.33. The molecule has 0 spiro atoms. The normalized spacial score (nSPS) is 27.5. The number of ether oxygens (including phenoxy) is 2. The summed E-state index contributed by atoms with van der Waals surface area (Å²) in [6, 6.07) is 8.36. The number of benzene rings is 1. The van der Waals surface area contributed by atoms with Gasteiger partial charge in [0.25, 0.3) is 0 Å². The van der Waals surface area contributed by atoms with Gasteiger partial charge in [0.05, 0.1) is 12.2 Å². The molecule has 150 valence electrons. The van der Waals surface area contributed by atoms with Gasteiger partial charge in [-0.1, -0.05) is 35.9 Å². The molecule has 2 fully saturated rings. The molecule has 0 aromatic heterocycles. The van der Waals surface area contributed by atoms with Crippen molar-refractivity contribution in [1.29, 1.82) is 5.39 Å². The van der Waals surface area contributed by atoms with Crippen molar-refractivity contribution in [3.8, 4) is 0 Å². The average molecular weight is 404 g/mol. The summed E-state index contributed by atoms with van der Waals surface area (Å²) in [4.78, 5) is 16.1. The maximum atomic E-state index is 11.9. The summed E-state index contributed by atoms with van der Waals surface area (Å²) < 4.78 is 11.4. The van der Waals surface area contributed by atoms with Crippen LogP contribution in [0, 0.1) is 18.2 Å². The molecule has 1 saturated carbocycles. The van der Waals surface area contributed by atoms with Crippen LogP contribution in [0.3, 0.4) is 0 Å². The molecule has 28 heavy (non-hydrogen) atoms. The number of carbonyl (C=O) groups excluding carboxylic acids is 1. The molecule has 1 heterocycles. The maximum absolute atomic E-state index is 11.9. The van der Waals surface area contributed by atoms with E-state index in [0.29, 0.717) is 5.92 Å². The Morgan fingerprint density at radius 3 is 2.79 bits per heavy atom. The number of thioether (sulfide) groups is 1. The molecule has 0 amide bonds. The molecule has 7 heteroatoms. The predicted octanol–water partition coefficient (Wildman–Crippen LogP) is 5.34. The molecule has 3 atom stereocenters. The number of diazo groups is 1. The van der Waals surface area contributed by atoms with Crippen molar-refractivity contribution in [3.05, 3.63) is 46.3 Å². The van der Waals surface area contributed by atoms with Crippen molar-refractivity contribution in [3.63, 3.8) is 0 Å². The van der Waals surface area contributed by atoms with E-state index in [0.717, 1.165) is 37.0 Å². The van der Waals surface area contributed by atoms with Gasteiger partial charge in [-0.05, 0) is 57.6 Å². The largest absolute Gasteiger partial charge is 0.505 e. The maximum Gasteiger partial charge on any atom is 0.505 e. The third-order valence-electron chi connectivity index (χ3n) is 5.61. The van der Waals surface area contributed by atoms with Crippen LogP contribution in [0.5, 0.6) is 0 Å². The average Bonchev–Trinajstić information content (AvgIpc) is 3.07. The lowest BCUT2D eigenvalue weighted by atomic mass is 9.81. The number of nitrogens with zero attached hydrogens (tertiary/aromatic N) is 2. The topological polar surface area (TPSA) is 83.9 Å². The summed E-state index contributed by atoms with van der Waals surface area (Å²) in [7, 11) is 0.